The number of ketones is 1. The van der Waals surface area contributed by atoms with Crippen molar-refractivity contribution in [2.75, 3.05) is 6.61 Å². The molecule has 0 N–H and O–H groups in total. The highest BCUT2D eigenvalue weighted by atomic mass is 32.1. The van der Waals surface area contributed by atoms with Gasteiger partial charge in [-0.1, -0.05) is 39.0 Å². The van der Waals surface area contributed by atoms with Crippen molar-refractivity contribution in [3.05, 3.63) is 50.7 Å². The lowest BCUT2D eigenvalue weighted by molar-refractivity contribution is 0.0924. The van der Waals surface area contributed by atoms with E-state index in [1.807, 2.05) is 18.2 Å². The zero-order valence-electron chi connectivity index (χ0n) is 14.8. The fourth-order valence-electron chi connectivity index (χ4n) is 4.50. The van der Waals surface area contributed by atoms with Crippen molar-refractivity contribution in [2.45, 2.75) is 46.5 Å². The number of rotatable bonds is 5. The van der Waals surface area contributed by atoms with Gasteiger partial charge in [0, 0.05) is 4.88 Å². The molecule has 0 unspecified atom stereocenters. The Kier molecular flexibility index (Phi) is 3.61. The van der Waals surface area contributed by atoms with E-state index in [1.54, 1.807) is 11.3 Å². The molecule has 4 rings (SSSR count). The maximum atomic E-state index is 12.8. The number of hydrogen-bond donors (Lipinski definition) is 0. The van der Waals surface area contributed by atoms with Crippen LogP contribution in [0.15, 0.2) is 24.3 Å². The van der Waals surface area contributed by atoms with Gasteiger partial charge in [0.25, 0.3) is 0 Å². The Balaban J connectivity index is 1.53. The first-order valence-electron chi connectivity index (χ1n) is 8.81. The van der Waals surface area contributed by atoms with E-state index in [0.29, 0.717) is 11.3 Å². The Morgan fingerprint density at radius 1 is 1.33 bits per heavy atom. The summed E-state index contributed by atoms with van der Waals surface area (Å²) in [6, 6.07) is 7.98. The van der Waals surface area contributed by atoms with Crippen molar-refractivity contribution in [2.24, 2.45) is 11.3 Å². The molecule has 126 valence electrons. The predicted octanol–water partition coefficient (Wildman–Crippen LogP) is 5.18. The molecule has 0 radical (unpaired) electrons. The molecule has 1 aromatic heterocycles. The van der Waals surface area contributed by atoms with Crippen molar-refractivity contribution in [3.63, 3.8) is 0 Å². The highest BCUT2D eigenvalue weighted by Gasteiger charge is 2.63. The molecule has 2 aliphatic carbocycles. The number of carbonyl (C=O) groups is 1. The van der Waals surface area contributed by atoms with E-state index in [2.05, 4.69) is 33.8 Å². The van der Waals surface area contributed by atoms with Gasteiger partial charge in [0.1, 0.15) is 5.75 Å². The van der Waals surface area contributed by atoms with Gasteiger partial charge in [-0.3, -0.25) is 4.79 Å². The topological polar surface area (TPSA) is 26.3 Å². The summed E-state index contributed by atoms with van der Waals surface area (Å²) in [6.07, 6.45) is 1.99. The van der Waals surface area contributed by atoms with Gasteiger partial charge < -0.3 is 4.74 Å². The molecule has 1 heterocycles. The summed E-state index contributed by atoms with van der Waals surface area (Å²) in [5.74, 6) is 2.38. The SMILES string of the molecule is CCc1ccccc1OCC(=O)c1sc(C)c2c1C[C@@H]1[C@H]2C1(C)C. The highest BCUT2D eigenvalue weighted by Crippen LogP contribution is 2.71. The molecule has 0 saturated heterocycles. The lowest BCUT2D eigenvalue weighted by Gasteiger charge is -2.11. The Hall–Kier alpha value is -1.61. The average molecular weight is 340 g/mol. The normalized spacial score (nSPS) is 22.8. The van der Waals surface area contributed by atoms with Crippen LogP contribution in [0.2, 0.25) is 0 Å². The van der Waals surface area contributed by atoms with Gasteiger partial charge in [0.2, 0.25) is 5.78 Å². The van der Waals surface area contributed by atoms with Crippen LogP contribution in [-0.4, -0.2) is 12.4 Å². The summed E-state index contributed by atoms with van der Waals surface area (Å²) in [5.41, 5.74) is 4.38. The van der Waals surface area contributed by atoms with E-state index < -0.39 is 0 Å². The van der Waals surface area contributed by atoms with Crippen LogP contribution in [-0.2, 0) is 12.8 Å². The van der Waals surface area contributed by atoms with Crippen LogP contribution in [0, 0.1) is 18.3 Å². The second-order valence-corrected chi connectivity index (χ2v) is 8.89. The van der Waals surface area contributed by atoms with Crippen LogP contribution in [0.5, 0.6) is 5.75 Å². The molecule has 2 aromatic rings. The average Bonchev–Trinajstić information content (AvgIpc) is 2.92. The Morgan fingerprint density at radius 2 is 2.08 bits per heavy atom. The van der Waals surface area contributed by atoms with Gasteiger partial charge in [-0.25, -0.2) is 0 Å². The molecular weight excluding hydrogens is 316 g/mol. The highest BCUT2D eigenvalue weighted by molar-refractivity contribution is 7.14. The smallest absolute Gasteiger partial charge is 0.210 e. The van der Waals surface area contributed by atoms with Crippen molar-refractivity contribution >= 4 is 17.1 Å². The van der Waals surface area contributed by atoms with Crippen molar-refractivity contribution in [1.29, 1.82) is 0 Å². The van der Waals surface area contributed by atoms with Crippen LogP contribution < -0.4 is 4.74 Å². The maximum Gasteiger partial charge on any atom is 0.210 e. The zero-order chi connectivity index (χ0) is 17.1. The van der Waals surface area contributed by atoms with E-state index in [9.17, 15) is 4.79 Å². The van der Waals surface area contributed by atoms with E-state index in [0.717, 1.165) is 34.9 Å². The minimum Gasteiger partial charge on any atom is -0.485 e. The molecule has 0 spiro atoms. The number of thiophene rings is 1. The van der Waals surface area contributed by atoms with E-state index in [-0.39, 0.29) is 12.4 Å². The molecule has 2 atom stereocenters. The first-order valence-corrected chi connectivity index (χ1v) is 9.62. The Morgan fingerprint density at radius 3 is 2.83 bits per heavy atom. The van der Waals surface area contributed by atoms with Gasteiger partial charge >= 0.3 is 0 Å². The number of hydrogen-bond acceptors (Lipinski definition) is 3. The number of Topliss-reactive ketones (excluding diaryl/α,β-unsaturated/α-hetero) is 1. The molecule has 24 heavy (non-hydrogen) atoms. The third-order valence-electron chi connectivity index (χ3n) is 5.98. The van der Waals surface area contributed by atoms with Gasteiger partial charge in [-0.2, -0.15) is 0 Å². The predicted molar refractivity (Wildman–Crippen MR) is 98.4 cm³/mol. The number of carbonyl (C=O) groups excluding carboxylic acids is 1. The fraction of sp³-hybridized carbons (Fsp3) is 0.476. The molecule has 1 saturated carbocycles. The summed E-state index contributed by atoms with van der Waals surface area (Å²) < 4.78 is 5.85. The molecule has 0 aliphatic heterocycles. The van der Waals surface area contributed by atoms with E-state index >= 15 is 0 Å². The standard InChI is InChI=1S/C21H24O2S/c1-5-13-8-6-7-9-17(13)23-11-16(22)20-14-10-15-19(21(15,3)4)18(14)12(2)24-20/h6-9,15,19H,5,10-11H2,1-4H3/t15-,19-/m1/s1. The third kappa shape index (κ3) is 2.25. The van der Waals surface area contributed by atoms with Gasteiger partial charge in [-0.05, 0) is 59.8 Å². The molecule has 0 amide bonds. The van der Waals surface area contributed by atoms with Crippen LogP contribution in [0.4, 0.5) is 0 Å². The number of para-hydroxylation sites is 1. The minimum atomic E-state index is 0.134. The molecule has 0 bridgehead atoms. The number of aryl methyl sites for hydroxylation is 2. The quantitative estimate of drug-likeness (QED) is 0.701. The summed E-state index contributed by atoms with van der Waals surface area (Å²) in [7, 11) is 0. The van der Waals surface area contributed by atoms with E-state index in [4.69, 9.17) is 4.74 Å². The summed E-state index contributed by atoms with van der Waals surface area (Å²) in [5, 5.41) is 0. The van der Waals surface area contributed by atoms with Crippen molar-refractivity contribution in [3.8, 4) is 5.75 Å². The van der Waals surface area contributed by atoms with Gasteiger partial charge in [-0.15, -0.1) is 11.3 Å². The number of fused-ring (bicyclic) bond motifs is 3. The lowest BCUT2D eigenvalue weighted by Crippen LogP contribution is -2.13. The molecule has 1 aromatic carbocycles. The van der Waals surface area contributed by atoms with Crippen LogP contribution in [0.25, 0.3) is 0 Å². The van der Waals surface area contributed by atoms with Crippen molar-refractivity contribution < 1.29 is 9.53 Å². The van der Waals surface area contributed by atoms with Gasteiger partial charge in [0.15, 0.2) is 6.61 Å². The van der Waals surface area contributed by atoms with Gasteiger partial charge in [0.05, 0.1) is 4.88 Å². The molecular formula is C21H24O2S. The summed E-state index contributed by atoms with van der Waals surface area (Å²) in [6.45, 7) is 9.13. The molecule has 3 heteroatoms. The lowest BCUT2D eigenvalue weighted by atomic mass is 9.95. The van der Waals surface area contributed by atoms with E-state index in [1.165, 1.54) is 16.0 Å². The fourth-order valence-corrected chi connectivity index (χ4v) is 5.66. The first kappa shape index (κ1) is 15.9. The van der Waals surface area contributed by atoms with Crippen LogP contribution in [0.1, 0.15) is 57.9 Å². The number of benzene rings is 1. The Bertz CT molecular complexity index is 815. The second kappa shape index (κ2) is 5.45. The maximum absolute atomic E-state index is 12.8. The van der Waals surface area contributed by atoms with Crippen LogP contribution >= 0.6 is 11.3 Å². The summed E-state index contributed by atoms with van der Waals surface area (Å²) >= 11 is 1.67. The molecule has 2 nitrogen and oxygen atoms in total. The monoisotopic (exact) mass is 340 g/mol. The Labute approximate surface area is 147 Å². The molecule has 2 aliphatic rings. The molecule has 1 fully saturated rings. The minimum absolute atomic E-state index is 0.134. The largest absolute Gasteiger partial charge is 0.485 e. The zero-order valence-corrected chi connectivity index (χ0v) is 15.6. The first-order chi connectivity index (χ1) is 11.4. The number of ether oxygens (including phenoxy) is 1. The van der Waals surface area contributed by atoms with Crippen molar-refractivity contribution in [1.82, 2.24) is 0 Å². The summed E-state index contributed by atoms with van der Waals surface area (Å²) in [4.78, 5) is 15.0. The second-order valence-electron chi connectivity index (χ2n) is 7.66. The third-order valence-corrected chi connectivity index (χ3v) is 7.19. The van der Waals surface area contributed by atoms with Crippen LogP contribution in [0.3, 0.4) is 0 Å².